The van der Waals surface area contributed by atoms with Crippen molar-refractivity contribution in [2.75, 3.05) is 13.2 Å². The number of nitrogens with zero attached hydrogens (tertiary/aromatic N) is 1. The van der Waals surface area contributed by atoms with Crippen molar-refractivity contribution in [3.63, 3.8) is 0 Å². The van der Waals surface area contributed by atoms with Gasteiger partial charge in [0.15, 0.2) is 0 Å². The maximum atomic E-state index is 10.8. The number of carbonyl (C=O) groups is 1. The lowest BCUT2D eigenvalue weighted by Crippen LogP contribution is -2.57. The third kappa shape index (κ3) is 1.07. The van der Waals surface area contributed by atoms with Crippen LogP contribution in [-0.4, -0.2) is 36.2 Å². The molecule has 0 aromatic rings. The molecule has 3 heterocycles. The molecule has 2 amide bonds. The van der Waals surface area contributed by atoms with Crippen LogP contribution in [0.5, 0.6) is 0 Å². The topological polar surface area (TPSA) is 55.6 Å². The van der Waals surface area contributed by atoms with Gasteiger partial charge in [-0.3, -0.25) is 0 Å². The summed E-state index contributed by atoms with van der Waals surface area (Å²) in [6.07, 6.45) is 2.37. The van der Waals surface area contributed by atoms with Crippen molar-refractivity contribution >= 4 is 6.03 Å². The average Bonchev–Trinajstić information content (AvgIpc) is 2.06. The van der Waals surface area contributed by atoms with Crippen LogP contribution in [0.3, 0.4) is 0 Å². The minimum atomic E-state index is -0.303. The van der Waals surface area contributed by atoms with Crippen molar-refractivity contribution in [3.8, 4) is 0 Å². The van der Waals surface area contributed by atoms with E-state index in [1.165, 1.54) is 0 Å². The van der Waals surface area contributed by atoms with Crippen molar-refractivity contribution in [1.82, 2.24) is 4.90 Å². The molecule has 4 heteroatoms. The molecule has 4 nitrogen and oxygen atoms in total. The summed E-state index contributed by atoms with van der Waals surface area (Å²) in [5, 5.41) is 0. The molecule has 2 atom stereocenters. The summed E-state index contributed by atoms with van der Waals surface area (Å²) in [5.74, 6) is 0. The monoisotopic (exact) mass is 156 g/mol. The van der Waals surface area contributed by atoms with Gasteiger partial charge in [-0.25, -0.2) is 4.79 Å². The number of rotatable bonds is 0. The normalized spacial score (nSPS) is 35.8. The van der Waals surface area contributed by atoms with Gasteiger partial charge in [0.2, 0.25) is 0 Å². The molecular formula is C7H12N2O2. The Bertz CT molecular complexity index is 175. The first kappa shape index (κ1) is 6.91. The summed E-state index contributed by atoms with van der Waals surface area (Å²) in [7, 11) is 0. The van der Waals surface area contributed by atoms with E-state index in [9.17, 15) is 4.79 Å². The lowest BCUT2D eigenvalue weighted by atomic mass is 9.98. The van der Waals surface area contributed by atoms with Crippen LogP contribution in [0.4, 0.5) is 4.79 Å². The second kappa shape index (κ2) is 2.37. The van der Waals surface area contributed by atoms with Gasteiger partial charge in [0.25, 0.3) is 0 Å². The molecule has 0 aliphatic carbocycles. The highest BCUT2D eigenvalue weighted by Gasteiger charge is 2.36. The largest absolute Gasteiger partial charge is 0.374 e. The number of piperidine rings is 1. The van der Waals surface area contributed by atoms with Crippen LogP contribution < -0.4 is 5.73 Å². The number of ether oxygens (including phenoxy) is 1. The molecule has 62 valence electrons. The van der Waals surface area contributed by atoms with Crippen molar-refractivity contribution in [3.05, 3.63) is 0 Å². The number of primary amides is 1. The van der Waals surface area contributed by atoms with Crippen LogP contribution in [-0.2, 0) is 4.74 Å². The Kier molecular flexibility index (Phi) is 1.49. The van der Waals surface area contributed by atoms with E-state index in [1.807, 2.05) is 0 Å². The number of carbonyl (C=O) groups excluding carboxylic acids is 1. The van der Waals surface area contributed by atoms with Gasteiger partial charge < -0.3 is 15.4 Å². The van der Waals surface area contributed by atoms with Crippen LogP contribution in [0.1, 0.15) is 12.8 Å². The summed E-state index contributed by atoms with van der Waals surface area (Å²) in [5.41, 5.74) is 5.19. The molecule has 2 unspecified atom stereocenters. The second-order valence-electron chi connectivity index (χ2n) is 3.18. The number of nitrogens with two attached hydrogens (primary N) is 1. The number of fused-ring (bicyclic) bond motifs is 3. The van der Waals surface area contributed by atoms with E-state index >= 15 is 0 Å². The smallest absolute Gasteiger partial charge is 0.315 e. The maximum Gasteiger partial charge on any atom is 0.315 e. The van der Waals surface area contributed by atoms with Crippen molar-refractivity contribution in [1.29, 1.82) is 0 Å². The van der Waals surface area contributed by atoms with E-state index in [4.69, 9.17) is 10.5 Å². The Morgan fingerprint density at radius 1 is 1.55 bits per heavy atom. The fourth-order valence-electron chi connectivity index (χ4n) is 1.82. The fourth-order valence-corrected chi connectivity index (χ4v) is 1.82. The van der Waals surface area contributed by atoms with Crippen LogP contribution in [0.2, 0.25) is 0 Å². The Balaban J connectivity index is 2.08. The zero-order chi connectivity index (χ0) is 7.84. The molecule has 3 rings (SSSR count). The molecule has 2 N–H and O–H groups in total. The van der Waals surface area contributed by atoms with Crippen LogP contribution in [0, 0.1) is 0 Å². The molecular weight excluding hydrogens is 144 g/mol. The van der Waals surface area contributed by atoms with Gasteiger partial charge in [0.05, 0.1) is 18.8 Å². The Morgan fingerprint density at radius 2 is 2.36 bits per heavy atom. The van der Waals surface area contributed by atoms with Gasteiger partial charge in [0.1, 0.15) is 0 Å². The third-order valence-corrected chi connectivity index (χ3v) is 2.47. The number of amides is 2. The number of urea groups is 1. The van der Waals surface area contributed by atoms with Gasteiger partial charge in [-0.05, 0) is 12.8 Å². The first-order valence-electron chi connectivity index (χ1n) is 3.95. The fraction of sp³-hybridized carbons (Fsp3) is 0.857. The summed E-state index contributed by atoms with van der Waals surface area (Å²) in [6.45, 7) is 1.37. The highest BCUT2D eigenvalue weighted by molar-refractivity contribution is 5.72. The van der Waals surface area contributed by atoms with Crippen molar-refractivity contribution < 1.29 is 9.53 Å². The number of hydrogen-bond acceptors (Lipinski definition) is 2. The first-order chi connectivity index (χ1) is 5.27. The van der Waals surface area contributed by atoms with Crippen LogP contribution in [0.15, 0.2) is 0 Å². The Hall–Kier alpha value is -0.770. The average molecular weight is 156 g/mol. The SMILES string of the molecule is NC(=O)N1CC2CCC1CO2. The lowest BCUT2D eigenvalue weighted by molar-refractivity contribution is -0.0869. The maximum absolute atomic E-state index is 10.8. The molecule has 3 saturated heterocycles. The molecule has 0 radical (unpaired) electrons. The number of hydrogen-bond donors (Lipinski definition) is 1. The molecule has 3 aliphatic rings. The van der Waals surface area contributed by atoms with E-state index in [1.54, 1.807) is 4.90 Å². The van der Waals surface area contributed by atoms with E-state index < -0.39 is 0 Å². The third-order valence-electron chi connectivity index (χ3n) is 2.47. The zero-order valence-electron chi connectivity index (χ0n) is 6.32. The van der Waals surface area contributed by atoms with Gasteiger partial charge in [0, 0.05) is 6.54 Å². The molecule has 0 aromatic heterocycles. The molecule has 0 spiro atoms. The first-order valence-corrected chi connectivity index (χ1v) is 3.95. The lowest BCUT2D eigenvalue weighted by Gasteiger charge is -2.44. The van der Waals surface area contributed by atoms with Crippen molar-refractivity contribution in [2.45, 2.75) is 25.0 Å². The van der Waals surface area contributed by atoms with Crippen LogP contribution >= 0.6 is 0 Å². The predicted octanol–water partition coefficient (Wildman–Crippen LogP) is -0.0717. The molecule has 3 fully saturated rings. The molecule has 0 saturated carbocycles. The summed E-state index contributed by atoms with van der Waals surface area (Å²) in [6, 6.07) is -0.0551. The number of morpholine rings is 1. The highest BCUT2D eigenvalue weighted by atomic mass is 16.5. The molecule has 11 heavy (non-hydrogen) atoms. The quantitative estimate of drug-likeness (QED) is 0.533. The summed E-state index contributed by atoms with van der Waals surface area (Å²) in [4.78, 5) is 12.6. The zero-order valence-corrected chi connectivity index (χ0v) is 6.32. The molecule has 3 aliphatic heterocycles. The van der Waals surface area contributed by atoms with E-state index in [0.29, 0.717) is 13.2 Å². The van der Waals surface area contributed by atoms with Gasteiger partial charge in [-0.1, -0.05) is 0 Å². The minimum absolute atomic E-state index is 0.243. The second-order valence-corrected chi connectivity index (χ2v) is 3.18. The highest BCUT2D eigenvalue weighted by Crippen LogP contribution is 2.25. The van der Waals surface area contributed by atoms with Crippen molar-refractivity contribution in [2.24, 2.45) is 5.73 Å². The van der Waals surface area contributed by atoms with E-state index in [2.05, 4.69) is 0 Å². The van der Waals surface area contributed by atoms with E-state index in [0.717, 1.165) is 12.8 Å². The molecule has 0 aromatic carbocycles. The molecule has 2 bridgehead atoms. The van der Waals surface area contributed by atoms with E-state index in [-0.39, 0.29) is 18.2 Å². The van der Waals surface area contributed by atoms with Gasteiger partial charge in [-0.2, -0.15) is 0 Å². The van der Waals surface area contributed by atoms with Gasteiger partial charge >= 0.3 is 6.03 Å². The minimum Gasteiger partial charge on any atom is -0.374 e. The standard InChI is InChI=1S/C7H12N2O2/c8-7(10)9-3-6-2-1-5(9)4-11-6/h5-6H,1-4H2,(H2,8,10). The van der Waals surface area contributed by atoms with Crippen LogP contribution in [0.25, 0.3) is 0 Å². The Labute approximate surface area is 65.3 Å². The summed E-state index contributed by atoms with van der Waals surface area (Å²) >= 11 is 0. The predicted molar refractivity (Wildman–Crippen MR) is 39.1 cm³/mol. The Morgan fingerprint density at radius 3 is 2.64 bits per heavy atom. The summed E-state index contributed by atoms with van der Waals surface area (Å²) < 4.78 is 5.41. The van der Waals surface area contributed by atoms with Gasteiger partial charge in [-0.15, -0.1) is 0 Å².